The number of aryl methyl sites for hydroxylation is 2. The fourth-order valence-corrected chi connectivity index (χ4v) is 3.16. The van der Waals surface area contributed by atoms with Gasteiger partial charge in [0.05, 0.1) is 13.2 Å². The predicted octanol–water partition coefficient (Wildman–Crippen LogP) is 3.94. The van der Waals surface area contributed by atoms with Crippen molar-refractivity contribution >= 4 is 5.82 Å². The predicted molar refractivity (Wildman–Crippen MR) is 99.6 cm³/mol. The first-order chi connectivity index (χ1) is 12.1. The Morgan fingerprint density at radius 3 is 2.84 bits per heavy atom. The zero-order chi connectivity index (χ0) is 17.8. The third kappa shape index (κ3) is 4.41. The Morgan fingerprint density at radius 1 is 1.24 bits per heavy atom. The molecule has 0 spiro atoms. The quantitative estimate of drug-likeness (QED) is 0.862. The smallest absolute Gasteiger partial charge is 0.218 e. The summed E-state index contributed by atoms with van der Waals surface area (Å²) in [5, 5.41) is 3.56. The first-order valence-electron chi connectivity index (χ1n) is 9.02. The summed E-state index contributed by atoms with van der Waals surface area (Å²) in [5.74, 6) is 3.12. The lowest BCUT2D eigenvalue weighted by Crippen LogP contribution is -2.28. The van der Waals surface area contributed by atoms with E-state index in [4.69, 9.17) is 9.47 Å². The number of nitrogens with zero attached hydrogens (tertiary/aromatic N) is 2. The van der Waals surface area contributed by atoms with Crippen molar-refractivity contribution in [3.05, 3.63) is 41.2 Å². The molecule has 1 aliphatic rings. The van der Waals surface area contributed by atoms with Gasteiger partial charge in [0.25, 0.3) is 0 Å². The molecular formula is C20H27N3O2. The van der Waals surface area contributed by atoms with Crippen molar-refractivity contribution in [3.8, 4) is 11.6 Å². The third-order valence-electron chi connectivity index (χ3n) is 4.71. The van der Waals surface area contributed by atoms with Crippen LogP contribution >= 0.6 is 0 Å². The van der Waals surface area contributed by atoms with Crippen LogP contribution in [0.25, 0.3) is 0 Å². The number of fused-ring (bicyclic) bond motifs is 1. The molecule has 0 bridgehead atoms. The van der Waals surface area contributed by atoms with Crippen LogP contribution in [0, 0.1) is 6.92 Å². The molecule has 2 aromatic rings. The van der Waals surface area contributed by atoms with Gasteiger partial charge >= 0.3 is 0 Å². The number of anilines is 1. The SMILES string of the molecule is CCC(C)Oc1cc(NC2CCc3ccc(OC)cc3C2)nc(C)n1. The van der Waals surface area contributed by atoms with Crippen LogP contribution in [0.1, 0.15) is 43.6 Å². The van der Waals surface area contributed by atoms with Gasteiger partial charge in [0.1, 0.15) is 17.4 Å². The van der Waals surface area contributed by atoms with Gasteiger partial charge in [-0.15, -0.1) is 0 Å². The van der Waals surface area contributed by atoms with Gasteiger partial charge in [0.15, 0.2) is 0 Å². The van der Waals surface area contributed by atoms with E-state index in [1.165, 1.54) is 11.1 Å². The van der Waals surface area contributed by atoms with Crippen molar-refractivity contribution in [1.82, 2.24) is 9.97 Å². The minimum Gasteiger partial charge on any atom is -0.497 e. The fourth-order valence-electron chi connectivity index (χ4n) is 3.16. The lowest BCUT2D eigenvalue weighted by Gasteiger charge is -2.26. The van der Waals surface area contributed by atoms with Crippen LogP contribution in [0.5, 0.6) is 11.6 Å². The summed E-state index contributed by atoms with van der Waals surface area (Å²) in [6.07, 6.45) is 4.22. The monoisotopic (exact) mass is 341 g/mol. The van der Waals surface area contributed by atoms with E-state index in [1.54, 1.807) is 7.11 Å². The maximum atomic E-state index is 5.85. The highest BCUT2D eigenvalue weighted by atomic mass is 16.5. The first-order valence-corrected chi connectivity index (χ1v) is 9.02. The molecule has 1 aromatic heterocycles. The van der Waals surface area contributed by atoms with Gasteiger partial charge in [-0.25, -0.2) is 4.98 Å². The summed E-state index contributed by atoms with van der Waals surface area (Å²) in [7, 11) is 1.71. The molecule has 3 rings (SSSR count). The number of methoxy groups -OCH3 is 1. The van der Waals surface area contributed by atoms with E-state index in [9.17, 15) is 0 Å². The van der Waals surface area contributed by atoms with Crippen LogP contribution < -0.4 is 14.8 Å². The van der Waals surface area contributed by atoms with E-state index < -0.39 is 0 Å². The van der Waals surface area contributed by atoms with Gasteiger partial charge in [0.2, 0.25) is 5.88 Å². The summed E-state index contributed by atoms with van der Waals surface area (Å²) in [6.45, 7) is 6.05. The average molecular weight is 341 g/mol. The van der Waals surface area contributed by atoms with E-state index >= 15 is 0 Å². The second-order valence-corrected chi connectivity index (χ2v) is 6.69. The molecule has 1 N–H and O–H groups in total. The maximum Gasteiger partial charge on any atom is 0.218 e. The van der Waals surface area contributed by atoms with Crippen LogP contribution in [0.2, 0.25) is 0 Å². The van der Waals surface area contributed by atoms with Crippen molar-refractivity contribution in [3.63, 3.8) is 0 Å². The summed E-state index contributed by atoms with van der Waals surface area (Å²) in [4.78, 5) is 8.91. The zero-order valence-corrected chi connectivity index (χ0v) is 15.5. The van der Waals surface area contributed by atoms with E-state index in [0.717, 1.165) is 43.1 Å². The van der Waals surface area contributed by atoms with Crippen LogP contribution in [-0.2, 0) is 12.8 Å². The molecule has 0 radical (unpaired) electrons. The Kier molecular flexibility index (Phi) is 5.41. The van der Waals surface area contributed by atoms with Gasteiger partial charge in [-0.05, 0) is 62.8 Å². The topological polar surface area (TPSA) is 56.3 Å². The van der Waals surface area contributed by atoms with Gasteiger partial charge in [-0.1, -0.05) is 13.0 Å². The highest BCUT2D eigenvalue weighted by Gasteiger charge is 2.20. The molecule has 1 aliphatic carbocycles. The second kappa shape index (κ2) is 7.72. The second-order valence-electron chi connectivity index (χ2n) is 6.69. The standard InChI is InChI=1S/C20H27N3O2/c1-5-13(2)25-20-12-19(21-14(3)22-20)23-17-8-6-15-7-9-18(24-4)11-16(15)10-17/h7,9,11-13,17H,5-6,8,10H2,1-4H3,(H,21,22,23). The van der Waals surface area contributed by atoms with Gasteiger partial charge in [0, 0.05) is 12.1 Å². The summed E-state index contributed by atoms with van der Waals surface area (Å²) >= 11 is 0. The highest BCUT2D eigenvalue weighted by Crippen LogP contribution is 2.27. The molecule has 1 heterocycles. The molecular weight excluding hydrogens is 314 g/mol. The van der Waals surface area contributed by atoms with Gasteiger partial charge < -0.3 is 14.8 Å². The maximum absolute atomic E-state index is 5.85. The largest absolute Gasteiger partial charge is 0.497 e. The molecule has 25 heavy (non-hydrogen) atoms. The molecule has 2 atom stereocenters. The third-order valence-corrected chi connectivity index (χ3v) is 4.71. The van der Waals surface area contributed by atoms with Crippen LogP contribution in [0.15, 0.2) is 24.3 Å². The lowest BCUT2D eigenvalue weighted by molar-refractivity contribution is 0.208. The molecule has 0 amide bonds. The van der Waals surface area contributed by atoms with Crippen LogP contribution in [0.3, 0.4) is 0 Å². The van der Waals surface area contributed by atoms with Gasteiger partial charge in [-0.3, -0.25) is 0 Å². The van der Waals surface area contributed by atoms with Crippen molar-refractivity contribution in [2.75, 3.05) is 12.4 Å². The molecule has 0 aliphatic heterocycles. The lowest BCUT2D eigenvalue weighted by atomic mass is 9.88. The molecule has 134 valence electrons. The van der Waals surface area contributed by atoms with Crippen molar-refractivity contribution in [1.29, 1.82) is 0 Å². The number of benzene rings is 1. The van der Waals surface area contributed by atoms with Crippen molar-refractivity contribution in [2.24, 2.45) is 0 Å². The minimum atomic E-state index is 0.149. The molecule has 0 saturated carbocycles. The summed E-state index contributed by atoms with van der Waals surface area (Å²) in [6, 6.07) is 8.62. The van der Waals surface area contributed by atoms with E-state index in [-0.39, 0.29) is 6.10 Å². The van der Waals surface area contributed by atoms with E-state index in [0.29, 0.717) is 11.9 Å². The van der Waals surface area contributed by atoms with Crippen molar-refractivity contribution < 1.29 is 9.47 Å². The number of nitrogens with one attached hydrogen (secondary N) is 1. The number of hydrogen-bond donors (Lipinski definition) is 1. The summed E-state index contributed by atoms with van der Waals surface area (Å²) < 4.78 is 11.2. The van der Waals surface area contributed by atoms with Crippen molar-refractivity contribution in [2.45, 2.75) is 58.6 Å². The Balaban J connectivity index is 1.72. The Morgan fingerprint density at radius 2 is 2.08 bits per heavy atom. The highest BCUT2D eigenvalue weighted by molar-refractivity contribution is 5.43. The van der Waals surface area contributed by atoms with Gasteiger partial charge in [-0.2, -0.15) is 4.98 Å². The fraction of sp³-hybridized carbons (Fsp3) is 0.500. The Bertz CT molecular complexity index is 733. The number of hydrogen-bond acceptors (Lipinski definition) is 5. The summed E-state index contributed by atoms with van der Waals surface area (Å²) in [5.41, 5.74) is 2.77. The average Bonchev–Trinajstić information content (AvgIpc) is 2.60. The first kappa shape index (κ1) is 17.5. The number of aromatic nitrogens is 2. The van der Waals surface area contributed by atoms with Crippen LogP contribution in [-0.4, -0.2) is 29.2 Å². The molecule has 0 fully saturated rings. The molecule has 1 aromatic carbocycles. The Hall–Kier alpha value is -2.30. The Labute approximate surface area is 149 Å². The molecule has 0 saturated heterocycles. The number of ether oxygens (including phenoxy) is 2. The zero-order valence-electron chi connectivity index (χ0n) is 15.5. The molecule has 5 heteroatoms. The molecule has 2 unspecified atom stereocenters. The van der Waals surface area contributed by atoms with Crippen LogP contribution in [0.4, 0.5) is 5.82 Å². The van der Waals surface area contributed by atoms with E-state index in [2.05, 4.69) is 41.3 Å². The number of rotatable bonds is 6. The normalized spacial score (nSPS) is 17.5. The minimum absolute atomic E-state index is 0.149. The van der Waals surface area contributed by atoms with E-state index in [1.807, 2.05) is 19.1 Å². The molecule has 5 nitrogen and oxygen atoms in total.